The second-order valence-electron chi connectivity index (χ2n) is 4.13. The zero-order chi connectivity index (χ0) is 8.44. The number of hydrogen-bond acceptors (Lipinski definition) is 3. The first-order valence-electron chi connectivity index (χ1n) is 4.94. The van der Waals surface area contributed by atoms with Gasteiger partial charge in [-0.1, -0.05) is 0 Å². The Morgan fingerprint density at radius 3 is 2.36 bits per heavy atom. The average Bonchev–Trinajstić information content (AvgIpc) is 2.62. The van der Waals surface area contributed by atoms with E-state index in [4.69, 9.17) is 0 Å². The molecule has 0 aliphatic carbocycles. The van der Waals surface area contributed by atoms with E-state index in [1.54, 1.807) is 0 Å². The number of rotatable bonds is 2. The van der Waals surface area contributed by atoms with Crippen molar-refractivity contribution < 1.29 is 5.11 Å². The van der Waals surface area contributed by atoms with Gasteiger partial charge in [0.1, 0.15) is 0 Å². The van der Waals surface area contributed by atoms with Gasteiger partial charge in [-0.2, -0.15) is 0 Å². The second kappa shape index (κ2) is 6.13. The second-order valence-corrected chi connectivity index (χ2v) is 4.13. The summed E-state index contributed by atoms with van der Waals surface area (Å²) in [6, 6.07) is 0. The molecule has 1 unspecified atom stereocenters. The van der Waals surface area contributed by atoms with Gasteiger partial charge in [0.2, 0.25) is 0 Å². The Labute approximate surface area is 98.1 Å². The summed E-state index contributed by atoms with van der Waals surface area (Å²) in [5.41, 5.74) is -0.426. The van der Waals surface area contributed by atoms with Crippen molar-refractivity contribution in [1.82, 2.24) is 10.2 Å². The van der Waals surface area contributed by atoms with Crippen LogP contribution in [-0.2, 0) is 0 Å². The summed E-state index contributed by atoms with van der Waals surface area (Å²) in [6.45, 7) is 5.00. The molecule has 2 aliphatic heterocycles. The van der Waals surface area contributed by atoms with E-state index in [1.165, 1.54) is 25.9 Å². The highest BCUT2D eigenvalue weighted by Gasteiger charge is 2.33. The van der Waals surface area contributed by atoms with Crippen molar-refractivity contribution in [2.75, 3.05) is 32.7 Å². The molecule has 2 saturated heterocycles. The summed E-state index contributed by atoms with van der Waals surface area (Å²) in [5, 5.41) is 13.3. The highest BCUT2D eigenvalue weighted by molar-refractivity contribution is 5.85. The summed E-state index contributed by atoms with van der Waals surface area (Å²) in [7, 11) is 0. The molecule has 0 aromatic rings. The van der Waals surface area contributed by atoms with Gasteiger partial charge in [0, 0.05) is 13.1 Å². The lowest BCUT2D eigenvalue weighted by molar-refractivity contribution is 0.0277. The first-order chi connectivity index (χ1) is 5.79. The number of β-amino-alcohol motifs (C(OH)–C–C–N with tert-alkyl or cyclic N) is 1. The molecule has 0 spiro atoms. The van der Waals surface area contributed by atoms with Crippen LogP contribution in [0.2, 0.25) is 0 Å². The molecule has 2 fully saturated rings. The van der Waals surface area contributed by atoms with Gasteiger partial charge in [0.25, 0.3) is 0 Å². The predicted octanol–water partition coefficient (Wildman–Crippen LogP) is 0.650. The molecule has 2 heterocycles. The molecule has 2 N–H and O–H groups in total. The Morgan fingerprint density at radius 2 is 1.86 bits per heavy atom. The summed E-state index contributed by atoms with van der Waals surface area (Å²) < 4.78 is 0. The lowest BCUT2D eigenvalue weighted by Crippen LogP contribution is -2.43. The lowest BCUT2D eigenvalue weighted by atomic mass is 10.0. The Kier molecular flexibility index (Phi) is 6.33. The van der Waals surface area contributed by atoms with Crippen molar-refractivity contribution in [3.63, 3.8) is 0 Å². The zero-order valence-electron chi connectivity index (χ0n) is 8.37. The first kappa shape index (κ1) is 14.5. The molecule has 0 bridgehead atoms. The van der Waals surface area contributed by atoms with Crippen LogP contribution in [0.5, 0.6) is 0 Å². The number of likely N-dealkylation sites (tertiary alicyclic amines) is 1. The molecular weight excluding hydrogens is 223 g/mol. The summed E-state index contributed by atoms with van der Waals surface area (Å²) in [4.78, 5) is 2.38. The normalized spacial score (nSPS) is 32.4. The van der Waals surface area contributed by atoms with E-state index < -0.39 is 5.60 Å². The molecule has 0 aromatic heterocycles. The van der Waals surface area contributed by atoms with Gasteiger partial charge in [-0.05, 0) is 38.9 Å². The van der Waals surface area contributed by atoms with Gasteiger partial charge in [0.15, 0.2) is 0 Å². The van der Waals surface area contributed by atoms with Gasteiger partial charge < -0.3 is 15.3 Å². The molecular formula is C9H20Cl2N2O. The molecule has 0 aromatic carbocycles. The van der Waals surface area contributed by atoms with Crippen molar-refractivity contribution in [1.29, 1.82) is 0 Å². The number of nitrogens with zero attached hydrogens (tertiary/aromatic N) is 1. The van der Waals surface area contributed by atoms with Crippen molar-refractivity contribution in [3.8, 4) is 0 Å². The fraction of sp³-hybridized carbons (Fsp3) is 1.00. The molecule has 0 saturated carbocycles. The van der Waals surface area contributed by atoms with Crippen molar-refractivity contribution in [3.05, 3.63) is 0 Å². The minimum absolute atomic E-state index is 0. The minimum Gasteiger partial charge on any atom is -0.387 e. The van der Waals surface area contributed by atoms with Gasteiger partial charge >= 0.3 is 0 Å². The molecule has 3 nitrogen and oxygen atoms in total. The van der Waals surface area contributed by atoms with Crippen molar-refractivity contribution in [2.24, 2.45) is 0 Å². The van der Waals surface area contributed by atoms with E-state index in [2.05, 4.69) is 10.2 Å². The highest BCUT2D eigenvalue weighted by atomic mass is 35.5. The van der Waals surface area contributed by atoms with E-state index in [0.717, 1.165) is 26.1 Å². The number of hydrogen-bond donors (Lipinski definition) is 2. The SMILES string of the molecule is Cl.Cl.OC1(CN2CCCC2)CCNC1. The highest BCUT2D eigenvalue weighted by Crippen LogP contribution is 2.18. The Bertz CT molecular complexity index is 157. The standard InChI is InChI=1S/C9H18N2O.2ClH/c12-9(3-4-10-7-9)8-11-5-1-2-6-11;;/h10,12H,1-8H2;2*1H. The topological polar surface area (TPSA) is 35.5 Å². The van der Waals surface area contributed by atoms with Crippen LogP contribution >= 0.6 is 24.8 Å². The Hall–Kier alpha value is 0.460. The first-order valence-corrected chi connectivity index (χ1v) is 4.94. The van der Waals surface area contributed by atoms with Crippen LogP contribution in [-0.4, -0.2) is 48.3 Å². The van der Waals surface area contributed by atoms with Crippen LogP contribution in [0.4, 0.5) is 0 Å². The molecule has 5 heteroatoms. The van der Waals surface area contributed by atoms with E-state index in [-0.39, 0.29) is 24.8 Å². The maximum absolute atomic E-state index is 10.0. The largest absolute Gasteiger partial charge is 0.387 e. The van der Waals surface area contributed by atoms with E-state index >= 15 is 0 Å². The van der Waals surface area contributed by atoms with Crippen molar-refractivity contribution >= 4 is 24.8 Å². The Balaban J connectivity index is 0.000000845. The Morgan fingerprint density at radius 1 is 1.21 bits per heavy atom. The van der Waals surface area contributed by atoms with Crippen LogP contribution in [0.1, 0.15) is 19.3 Å². The molecule has 0 amide bonds. The van der Waals surface area contributed by atoms with Gasteiger partial charge in [-0.3, -0.25) is 0 Å². The molecule has 2 aliphatic rings. The van der Waals surface area contributed by atoms with Crippen LogP contribution < -0.4 is 5.32 Å². The summed E-state index contributed by atoms with van der Waals surface area (Å²) >= 11 is 0. The molecule has 2 rings (SSSR count). The fourth-order valence-corrected chi connectivity index (χ4v) is 2.22. The number of halogens is 2. The number of aliphatic hydroxyl groups is 1. The smallest absolute Gasteiger partial charge is 0.0909 e. The minimum atomic E-state index is -0.426. The summed E-state index contributed by atoms with van der Waals surface area (Å²) in [5.74, 6) is 0. The molecule has 1 atom stereocenters. The third kappa shape index (κ3) is 3.55. The maximum Gasteiger partial charge on any atom is 0.0909 e. The molecule has 0 radical (unpaired) electrons. The third-order valence-electron chi connectivity index (χ3n) is 2.94. The lowest BCUT2D eigenvalue weighted by Gasteiger charge is -2.27. The zero-order valence-corrected chi connectivity index (χ0v) is 10.0. The molecule has 14 heavy (non-hydrogen) atoms. The quantitative estimate of drug-likeness (QED) is 0.747. The third-order valence-corrected chi connectivity index (χ3v) is 2.94. The summed E-state index contributed by atoms with van der Waals surface area (Å²) in [6.07, 6.45) is 3.54. The van der Waals surface area contributed by atoms with Gasteiger partial charge in [-0.15, -0.1) is 24.8 Å². The number of nitrogens with one attached hydrogen (secondary N) is 1. The van der Waals surface area contributed by atoms with Crippen LogP contribution in [0.15, 0.2) is 0 Å². The van der Waals surface area contributed by atoms with Crippen LogP contribution in [0.3, 0.4) is 0 Å². The van der Waals surface area contributed by atoms with E-state index in [1.807, 2.05) is 0 Å². The van der Waals surface area contributed by atoms with Crippen molar-refractivity contribution in [2.45, 2.75) is 24.9 Å². The van der Waals surface area contributed by atoms with Crippen LogP contribution in [0.25, 0.3) is 0 Å². The predicted molar refractivity (Wildman–Crippen MR) is 62.6 cm³/mol. The van der Waals surface area contributed by atoms with E-state index in [9.17, 15) is 5.11 Å². The molecule has 86 valence electrons. The van der Waals surface area contributed by atoms with Gasteiger partial charge in [0.05, 0.1) is 5.60 Å². The van der Waals surface area contributed by atoms with Gasteiger partial charge in [-0.25, -0.2) is 0 Å². The monoisotopic (exact) mass is 242 g/mol. The van der Waals surface area contributed by atoms with Crippen LogP contribution in [0, 0.1) is 0 Å². The fourth-order valence-electron chi connectivity index (χ4n) is 2.22. The average molecular weight is 243 g/mol. The van der Waals surface area contributed by atoms with E-state index in [0.29, 0.717) is 0 Å². The maximum atomic E-state index is 10.0.